The number of anilines is 1. The molecule has 3 heterocycles. The lowest BCUT2D eigenvalue weighted by Crippen LogP contribution is -2.82. The van der Waals surface area contributed by atoms with Gasteiger partial charge in [-0.3, -0.25) is 14.5 Å². The van der Waals surface area contributed by atoms with Crippen LogP contribution in [0.1, 0.15) is 26.5 Å². The third-order valence-corrected chi connectivity index (χ3v) is 6.52. The Morgan fingerprint density at radius 3 is 2.59 bits per heavy atom. The van der Waals surface area contributed by atoms with Crippen LogP contribution < -0.4 is 21.5 Å². The lowest BCUT2D eigenvalue weighted by atomic mass is 10.0. The van der Waals surface area contributed by atoms with Gasteiger partial charge in [-0.1, -0.05) is 17.8 Å². The summed E-state index contributed by atoms with van der Waals surface area (Å²) in [5.41, 5.74) is 5.38. The summed E-state index contributed by atoms with van der Waals surface area (Å²) in [7, 11) is 0. The molecule has 0 aliphatic carbocycles. The van der Waals surface area contributed by atoms with Crippen molar-refractivity contribution in [3.63, 3.8) is 0 Å². The summed E-state index contributed by atoms with van der Waals surface area (Å²) < 4.78 is 0. The Bertz CT molecular complexity index is 1030. The fourth-order valence-electron chi connectivity index (χ4n) is 3.00. The van der Waals surface area contributed by atoms with Crippen molar-refractivity contribution in [3.8, 4) is 0 Å². The van der Waals surface area contributed by atoms with Crippen molar-refractivity contribution in [1.29, 1.82) is 0 Å². The van der Waals surface area contributed by atoms with Crippen molar-refractivity contribution >= 4 is 57.7 Å². The summed E-state index contributed by atoms with van der Waals surface area (Å²) in [5, 5.41) is 20.6. The lowest BCUT2D eigenvalue weighted by Gasteiger charge is -2.50. The number of thiazole rings is 1. The van der Waals surface area contributed by atoms with Crippen molar-refractivity contribution < 1.29 is 34.4 Å². The van der Waals surface area contributed by atoms with E-state index in [2.05, 4.69) is 46.0 Å². The number of carbonyl (C=O) groups is 4. The second-order valence-electron chi connectivity index (χ2n) is 6.93. The average Bonchev–Trinajstić information content (AvgIpc) is 3.22. The molecule has 12 nitrogen and oxygen atoms in total. The first-order chi connectivity index (χ1) is 16.2. The molecule has 0 aromatic carbocycles. The molecule has 0 radical (unpaired) electrons. The largest absolute Gasteiger partial charge is 0.543 e. The van der Waals surface area contributed by atoms with Crippen molar-refractivity contribution in [2.75, 3.05) is 24.6 Å². The molecular weight excluding hydrogens is 484 g/mol. The van der Waals surface area contributed by atoms with Gasteiger partial charge in [0.05, 0.1) is 24.8 Å². The van der Waals surface area contributed by atoms with Gasteiger partial charge in [0.1, 0.15) is 17.1 Å². The Kier molecular flexibility index (Phi) is 9.77. The molecule has 2 aliphatic heterocycles. The van der Waals surface area contributed by atoms with Crippen LogP contribution in [-0.4, -0.2) is 69.6 Å². The molecule has 1 saturated heterocycles. The zero-order valence-corrected chi connectivity index (χ0v) is 20.5. The quantitative estimate of drug-likeness (QED) is 0.157. The number of fused-ring (bicyclic) bond motifs is 1. The summed E-state index contributed by atoms with van der Waals surface area (Å²) in [6, 6.07) is -1.01. The predicted molar refractivity (Wildman–Crippen MR) is 125 cm³/mol. The first-order valence-electron chi connectivity index (χ1n) is 10.3. The third-order valence-electron chi connectivity index (χ3n) is 4.55. The maximum absolute atomic E-state index is 12.7. The molecule has 2 amide bonds. The van der Waals surface area contributed by atoms with E-state index in [0.717, 1.165) is 23.2 Å². The Morgan fingerprint density at radius 2 is 2.12 bits per heavy atom. The van der Waals surface area contributed by atoms with E-state index < -0.39 is 35.2 Å². The minimum Gasteiger partial charge on any atom is -0.543 e. The van der Waals surface area contributed by atoms with Crippen LogP contribution in [-0.2, 0) is 24.0 Å². The molecule has 0 bridgehead atoms. The number of aliphatic carboxylic acids is 1. The number of allylic oxidation sites excluding steroid dienone is 1. The van der Waals surface area contributed by atoms with Gasteiger partial charge in [-0.25, -0.2) is 9.78 Å². The first kappa shape index (κ1) is 27.0. The van der Waals surface area contributed by atoms with Crippen molar-refractivity contribution in [1.82, 2.24) is 15.2 Å². The van der Waals surface area contributed by atoms with E-state index in [1.807, 2.05) is 0 Å². The maximum atomic E-state index is 12.7. The molecule has 0 unspecified atom stereocenters. The highest BCUT2D eigenvalue weighted by Gasteiger charge is 2.53. The number of carboxylic acid groups (broad SMARTS) is 1. The van der Waals surface area contributed by atoms with Crippen LogP contribution in [0.4, 0.5) is 5.13 Å². The Hall–Kier alpha value is -3.23. The number of hydrogen-bond acceptors (Lipinski definition) is 11. The fraction of sp³-hybridized carbons (Fsp3) is 0.400. The van der Waals surface area contributed by atoms with Gasteiger partial charge in [0.2, 0.25) is 0 Å². The van der Waals surface area contributed by atoms with E-state index in [-0.39, 0.29) is 28.0 Å². The van der Waals surface area contributed by atoms with Gasteiger partial charge in [0, 0.05) is 18.1 Å². The molecule has 0 spiro atoms. The van der Waals surface area contributed by atoms with Crippen LogP contribution in [0.25, 0.3) is 0 Å². The van der Waals surface area contributed by atoms with Crippen molar-refractivity contribution in [2.24, 2.45) is 5.16 Å². The number of thioether (sulfide) groups is 1. The number of oxime groups is 1. The molecule has 14 heteroatoms. The van der Waals surface area contributed by atoms with Crippen molar-refractivity contribution in [2.45, 2.75) is 32.2 Å². The van der Waals surface area contributed by atoms with Crippen LogP contribution in [0.2, 0.25) is 0 Å². The summed E-state index contributed by atoms with van der Waals surface area (Å²) in [6.07, 6.45) is 1.35. The predicted octanol–water partition coefficient (Wildman–Crippen LogP) is -1.83. The number of rotatable bonds is 8. The van der Waals surface area contributed by atoms with E-state index in [1.54, 1.807) is 0 Å². The van der Waals surface area contributed by atoms with Crippen molar-refractivity contribution in [3.05, 3.63) is 35.0 Å². The number of hydrogen-bond donors (Lipinski definition) is 3. The Balaban J connectivity index is 0.000000739. The van der Waals surface area contributed by atoms with Gasteiger partial charge in [-0.05, 0) is 19.4 Å². The summed E-state index contributed by atoms with van der Waals surface area (Å²) in [5.74, 6) is -3.43. The number of amides is 2. The van der Waals surface area contributed by atoms with Gasteiger partial charge in [-0.15, -0.1) is 23.1 Å². The number of nitrogens with two attached hydrogens (primary N) is 2. The fourth-order valence-corrected chi connectivity index (χ4v) is 4.89. The third kappa shape index (κ3) is 6.21. The molecule has 184 valence electrons. The molecule has 1 aromatic rings. The minimum atomic E-state index is -1.50. The molecule has 1 aromatic heterocycles. The molecule has 34 heavy (non-hydrogen) atoms. The normalized spacial score (nSPS) is 19.3. The molecular formula is C20H26N6O6S2. The number of nitrogen functional groups attached to an aromatic ring is 1. The van der Waals surface area contributed by atoms with E-state index >= 15 is 0 Å². The molecule has 2 atom stereocenters. The highest BCUT2D eigenvalue weighted by molar-refractivity contribution is 8.00. The van der Waals surface area contributed by atoms with Gasteiger partial charge < -0.3 is 31.1 Å². The first-order valence-corrected chi connectivity index (χ1v) is 12.2. The van der Waals surface area contributed by atoms with Crippen LogP contribution in [0.3, 0.4) is 0 Å². The summed E-state index contributed by atoms with van der Waals surface area (Å²) >= 11 is 2.31. The van der Waals surface area contributed by atoms with Crippen LogP contribution in [0.5, 0.6) is 0 Å². The van der Waals surface area contributed by atoms with Gasteiger partial charge in [0.15, 0.2) is 10.8 Å². The van der Waals surface area contributed by atoms with E-state index in [4.69, 9.17) is 5.73 Å². The zero-order valence-electron chi connectivity index (χ0n) is 18.9. The van der Waals surface area contributed by atoms with E-state index in [0.29, 0.717) is 5.57 Å². The lowest BCUT2D eigenvalue weighted by molar-refractivity contribution is -0.648. The highest BCUT2D eigenvalue weighted by Crippen LogP contribution is 2.40. The summed E-state index contributed by atoms with van der Waals surface area (Å²) in [6.45, 7) is 11.4. The molecule has 2 aliphatic rings. The van der Waals surface area contributed by atoms with Gasteiger partial charge >= 0.3 is 5.97 Å². The van der Waals surface area contributed by atoms with Crippen LogP contribution >= 0.6 is 23.1 Å². The van der Waals surface area contributed by atoms with Gasteiger partial charge in [0.25, 0.3) is 11.8 Å². The average molecular weight is 511 g/mol. The number of carbonyl (C=O) groups excluding carboxylic acids is 4. The molecule has 5 N–H and O–H groups in total. The molecule has 3 rings (SSSR count). The smallest absolute Gasteiger partial charge is 0.332 e. The monoisotopic (exact) mass is 510 g/mol. The van der Waals surface area contributed by atoms with Gasteiger partial charge in [-0.2, -0.15) is 0 Å². The highest BCUT2D eigenvalue weighted by atomic mass is 32.2. The Labute approximate surface area is 204 Å². The number of carboxylic acids is 1. The molecule has 0 saturated carbocycles. The molecule has 1 fully saturated rings. The van der Waals surface area contributed by atoms with Crippen LogP contribution in [0.15, 0.2) is 34.5 Å². The SMILES string of the molecule is C=CC1=C(C(=O)[O-])N2C(=O)[C@@H](NC(=O)/C(=N\OC(C)=O)c3csc(N)n3)[C@H]2SC1.CC[NH2+]CC. The second-order valence-corrected chi connectivity index (χ2v) is 8.92. The number of quaternary nitrogens is 1. The Morgan fingerprint density at radius 1 is 1.44 bits per heavy atom. The number of nitrogens with zero attached hydrogens (tertiary/aromatic N) is 3. The van der Waals surface area contributed by atoms with E-state index in [9.17, 15) is 24.3 Å². The topological polar surface area (TPSA) is 184 Å². The van der Waals surface area contributed by atoms with E-state index in [1.165, 1.54) is 36.3 Å². The number of β-lactam (4-membered cyclic amide) rings is 1. The standard InChI is InChI=1S/C16H15N5O6S2.C4H11N/c1-3-7-4-28-14-10(13(24)21(14)11(7)15(25)26)19-12(23)9(20-27-6(2)22)8-5-29-16(17)18-8;1-3-5-4-2/h3,5,10,14H,1,4H2,2H3,(H2,17,18)(H,19,23)(H,25,26);5H,3-4H2,1-2H3/b20-9-;/t10-,14-;/m1./s1. The number of aromatic nitrogens is 1. The second kappa shape index (κ2) is 12.3. The van der Waals surface area contributed by atoms with Crippen LogP contribution in [0, 0.1) is 0 Å². The zero-order chi connectivity index (χ0) is 25.4. The maximum Gasteiger partial charge on any atom is 0.332 e. The number of nitrogens with one attached hydrogen (secondary N) is 1. The minimum absolute atomic E-state index is 0.0652. The summed E-state index contributed by atoms with van der Waals surface area (Å²) in [4.78, 5) is 57.2.